The molecule has 0 spiro atoms. The van der Waals surface area contributed by atoms with Crippen molar-refractivity contribution in [3.05, 3.63) is 18.0 Å². The zero-order valence-electron chi connectivity index (χ0n) is 8.57. The van der Waals surface area contributed by atoms with Crippen molar-refractivity contribution in [3.8, 4) is 0 Å². The molecule has 1 aliphatic rings. The van der Waals surface area contributed by atoms with Crippen LogP contribution < -0.4 is 11.1 Å². The van der Waals surface area contributed by atoms with E-state index in [0.29, 0.717) is 11.6 Å². The van der Waals surface area contributed by atoms with Gasteiger partial charge in [-0.15, -0.1) is 0 Å². The molecule has 15 heavy (non-hydrogen) atoms. The van der Waals surface area contributed by atoms with E-state index in [1.165, 1.54) is 6.20 Å². The van der Waals surface area contributed by atoms with Crippen molar-refractivity contribution in [1.82, 2.24) is 15.5 Å². The lowest BCUT2D eigenvalue weighted by molar-refractivity contribution is 0.0926. The molecular formula is C10H16N4O. The van der Waals surface area contributed by atoms with E-state index < -0.39 is 0 Å². The molecule has 0 aliphatic heterocycles. The molecule has 0 aromatic carbocycles. The molecule has 1 aliphatic carbocycles. The summed E-state index contributed by atoms with van der Waals surface area (Å²) in [6.07, 6.45) is 7.08. The van der Waals surface area contributed by atoms with Crippen LogP contribution in [0.3, 0.4) is 0 Å². The SMILES string of the molecule is NC1CCC(NC(=O)c2cn[nH]c2)CC1. The Morgan fingerprint density at radius 1 is 1.47 bits per heavy atom. The minimum absolute atomic E-state index is 0.0516. The molecule has 1 saturated carbocycles. The van der Waals surface area contributed by atoms with E-state index in [-0.39, 0.29) is 11.9 Å². The van der Waals surface area contributed by atoms with Gasteiger partial charge >= 0.3 is 0 Å². The number of nitrogens with two attached hydrogens (primary N) is 1. The number of H-pyrrole nitrogens is 1. The number of rotatable bonds is 2. The van der Waals surface area contributed by atoms with E-state index in [1.54, 1.807) is 6.20 Å². The molecule has 1 amide bonds. The third-order valence-electron chi connectivity index (χ3n) is 2.87. The topological polar surface area (TPSA) is 83.8 Å². The predicted octanol–water partition coefficient (Wildman–Crippen LogP) is 0.409. The Hall–Kier alpha value is -1.36. The molecule has 5 heteroatoms. The maximum atomic E-state index is 11.7. The number of hydrogen-bond donors (Lipinski definition) is 3. The number of hydrogen-bond acceptors (Lipinski definition) is 3. The lowest BCUT2D eigenvalue weighted by Gasteiger charge is -2.26. The van der Waals surface area contributed by atoms with Crippen molar-refractivity contribution in [2.75, 3.05) is 0 Å². The van der Waals surface area contributed by atoms with Gasteiger partial charge in [0.2, 0.25) is 0 Å². The molecule has 0 radical (unpaired) electrons. The van der Waals surface area contributed by atoms with Crippen LogP contribution in [0.15, 0.2) is 12.4 Å². The third-order valence-corrected chi connectivity index (χ3v) is 2.87. The summed E-state index contributed by atoms with van der Waals surface area (Å²) >= 11 is 0. The van der Waals surface area contributed by atoms with Crippen molar-refractivity contribution >= 4 is 5.91 Å². The minimum atomic E-state index is -0.0516. The minimum Gasteiger partial charge on any atom is -0.349 e. The first-order valence-corrected chi connectivity index (χ1v) is 5.31. The van der Waals surface area contributed by atoms with E-state index in [9.17, 15) is 4.79 Å². The molecule has 82 valence electrons. The number of aromatic nitrogens is 2. The molecule has 4 N–H and O–H groups in total. The van der Waals surface area contributed by atoms with E-state index in [4.69, 9.17) is 5.73 Å². The molecular weight excluding hydrogens is 192 g/mol. The first kappa shape index (κ1) is 10.2. The lowest BCUT2D eigenvalue weighted by Crippen LogP contribution is -2.40. The van der Waals surface area contributed by atoms with Crippen LogP contribution in [0.25, 0.3) is 0 Å². The van der Waals surface area contributed by atoms with Gasteiger partial charge in [0.1, 0.15) is 0 Å². The standard InChI is InChI=1S/C10H16N4O/c11-8-1-3-9(4-2-8)14-10(15)7-5-12-13-6-7/h5-6,8-9H,1-4,11H2,(H,12,13)(H,14,15). The maximum absolute atomic E-state index is 11.7. The van der Waals surface area contributed by atoms with Gasteiger partial charge in [-0.25, -0.2) is 0 Å². The van der Waals surface area contributed by atoms with Crippen LogP contribution in [0.5, 0.6) is 0 Å². The molecule has 0 bridgehead atoms. The summed E-state index contributed by atoms with van der Waals surface area (Å²) < 4.78 is 0. The van der Waals surface area contributed by atoms with Gasteiger partial charge in [0.05, 0.1) is 11.8 Å². The molecule has 0 atom stereocenters. The fourth-order valence-electron chi connectivity index (χ4n) is 1.91. The molecule has 0 saturated heterocycles. The average Bonchev–Trinajstić information content (AvgIpc) is 2.74. The Morgan fingerprint density at radius 2 is 2.20 bits per heavy atom. The Kier molecular flexibility index (Phi) is 3.01. The number of carbonyl (C=O) groups excluding carboxylic acids is 1. The van der Waals surface area contributed by atoms with Crippen molar-refractivity contribution < 1.29 is 4.79 Å². The van der Waals surface area contributed by atoms with E-state index >= 15 is 0 Å². The second-order valence-electron chi connectivity index (χ2n) is 4.07. The van der Waals surface area contributed by atoms with Gasteiger partial charge in [-0.1, -0.05) is 0 Å². The highest BCUT2D eigenvalue weighted by atomic mass is 16.1. The summed E-state index contributed by atoms with van der Waals surface area (Å²) in [5.74, 6) is -0.0516. The number of amides is 1. The Morgan fingerprint density at radius 3 is 2.80 bits per heavy atom. The molecule has 2 rings (SSSR count). The van der Waals surface area contributed by atoms with Gasteiger partial charge < -0.3 is 11.1 Å². The molecule has 1 heterocycles. The quantitative estimate of drug-likeness (QED) is 0.658. The molecule has 1 aromatic heterocycles. The normalized spacial score (nSPS) is 26.2. The summed E-state index contributed by atoms with van der Waals surface area (Å²) in [6.45, 7) is 0. The Balaban J connectivity index is 1.85. The molecule has 1 aromatic rings. The Labute approximate surface area is 88.4 Å². The van der Waals surface area contributed by atoms with Crippen LogP contribution in [0.4, 0.5) is 0 Å². The molecule has 1 fully saturated rings. The fraction of sp³-hybridized carbons (Fsp3) is 0.600. The number of aromatic amines is 1. The number of nitrogens with one attached hydrogen (secondary N) is 2. The summed E-state index contributed by atoms with van der Waals surface area (Å²) in [5.41, 5.74) is 6.38. The zero-order valence-corrected chi connectivity index (χ0v) is 8.57. The molecule has 5 nitrogen and oxygen atoms in total. The van der Waals surface area contributed by atoms with Gasteiger partial charge in [-0.05, 0) is 25.7 Å². The van der Waals surface area contributed by atoms with Crippen LogP contribution in [0.2, 0.25) is 0 Å². The van der Waals surface area contributed by atoms with E-state index in [0.717, 1.165) is 25.7 Å². The summed E-state index contributed by atoms with van der Waals surface area (Å²) in [7, 11) is 0. The van der Waals surface area contributed by atoms with Gasteiger partial charge in [-0.2, -0.15) is 5.10 Å². The first-order valence-electron chi connectivity index (χ1n) is 5.31. The van der Waals surface area contributed by atoms with Gasteiger partial charge in [0, 0.05) is 18.3 Å². The van der Waals surface area contributed by atoms with Crippen LogP contribution in [-0.2, 0) is 0 Å². The second kappa shape index (κ2) is 4.44. The highest BCUT2D eigenvalue weighted by Gasteiger charge is 2.20. The summed E-state index contributed by atoms with van der Waals surface area (Å²) in [6, 6.07) is 0.583. The van der Waals surface area contributed by atoms with Crippen molar-refractivity contribution in [3.63, 3.8) is 0 Å². The van der Waals surface area contributed by atoms with Crippen LogP contribution in [0.1, 0.15) is 36.0 Å². The highest BCUT2D eigenvalue weighted by molar-refractivity contribution is 5.93. The monoisotopic (exact) mass is 208 g/mol. The lowest BCUT2D eigenvalue weighted by atomic mass is 9.92. The smallest absolute Gasteiger partial charge is 0.254 e. The zero-order chi connectivity index (χ0) is 10.7. The van der Waals surface area contributed by atoms with Crippen LogP contribution >= 0.6 is 0 Å². The average molecular weight is 208 g/mol. The van der Waals surface area contributed by atoms with Gasteiger partial charge in [0.15, 0.2) is 0 Å². The summed E-state index contributed by atoms with van der Waals surface area (Å²) in [4.78, 5) is 11.7. The van der Waals surface area contributed by atoms with Crippen molar-refractivity contribution in [2.24, 2.45) is 5.73 Å². The second-order valence-corrected chi connectivity index (χ2v) is 4.07. The highest BCUT2D eigenvalue weighted by Crippen LogP contribution is 2.17. The van der Waals surface area contributed by atoms with Crippen molar-refractivity contribution in [2.45, 2.75) is 37.8 Å². The predicted molar refractivity (Wildman–Crippen MR) is 56.3 cm³/mol. The van der Waals surface area contributed by atoms with E-state index in [1.807, 2.05) is 0 Å². The van der Waals surface area contributed by atoms with Crippen molar-refractivity contribution in [1.29, 1.82) is 0 Å². The maximum Gasteiger partial charge on any atom is 0.254 e. The fourth-order valence-corrected chi connectivity index (χ4v) is 1.91. The van der Waals surface area contributed by atoms with Gasteiger partial charge in [-0.3, -0.25) is 9.89 Å². The number of carbonyl (C=O) groups is 1. The first-order chi connectivity index (χ1) is 7.25. The third kappa shape index (κ3) is 2.56. The number of nitrogens with zero attached hydrogens (tertiary/aromatic N) is 1. The van der Waals surface area contributed by atoms with Gasteiger partial charge in [0.25, 0.3) is 5.91 Å². The van der Waals surface area contributed by atoms with Crippen LogP contribution in [0, 0.1) is 0 Å². The summed E-state index contributed by atoms with van der Waals surface area (Å²) in [5, 5.41) is 9.35. The largest absolute Gasteiger partial charge is 0.349 e. The Bertz CT molecular complexity index is 314. The van der Waals surface area contributed by atoms with E-state index in [2.05, 4.69) is 15.5 Å². The molecule has 0 unspecified atom stereocenters. The van der Waals surface area contributed by atoms with Crippen LogP contribution in [-0.4, -0.2) is 28.2 Å².